The zero-order valence-corrected chi connectivity index (χ0v) is 12.1. The summed E-state index contributed by atoms with van der Waals surface area (Å²) >= 11 is 0. The molecule has 1 saturated carbocycles. The van der Waals surface area contributed by atoms with Crippen LogP contribution in [0.3, 0.4) is 0 Å². The number of hydrogen-bond donors (Lipinski definition) is 2. The number of anilines is 1. The van der Waals surface area contributed by atoms with Gasteiger partial charge in [-0.3, -0.25) is 0 Å². The second-order valence-corrected chi connectivity index (χ2v) is 5.74. The molecule has 2 aromatic carbocycles. The van der Waals surface area contributed by atoms with Crippen LogP contribution >= 0.6 is 0 Å². The summed E-state index contributed by atoms with van der Waals surface area (Å²) in [7, 11) is 1.71. The topological polar surface area (TPSA) is 52.6 Å². The Hall–Kier alpha value is -2.07. The molecule has 2 aromatic rings. The molecule has 0 aromatic heterocycles. The number of carbonyl (C=O) groups is 1. The third-order valence-corrected chi connectivity index (χ3v) is 4.01. The third-order valence-electron chi connectivity index (χ3n) is 4.01. The number of aliphatic hydroxyl groups excluding tert-OH is 1. The maximum absolute atomic E-state index is 12.2. The standard InChI is InChI=1S/C17H20N2O2/c1-19(11-16(20)13-9-10-13)17(21)18-15-8-4-6-12-5-2-3-7-14(12)15/h2-8,13,16,20H,9-11H2,1H3,(H,18,21). The van der Waals surface area contributed by atoms with E-state index in [0.717, 1.165) is 29.3 Å². The minimum Gasteiger partial charge on any atom is -0.391 e. The quantitative estimate of drug-likeness (QED) is 0.906. The highest BCUT2D eigenvalue weighted by Gasteiger charge is 2.31. The van der Waals surface area contributed by atoms with Crippen LogP contribution in [0.4, 0.5) is 10.5 Å². The molecule has 21 heavy (non-hydrogen) atoms. The van der Waals surface area contributed by atoms with Crippen LogP contribution in [0.25, 0.3) is 10.8 Å². The monoisotopic (exact) mass is 284 g/mol. The molecule has 0 spiro atoms. The van der Waals surface area contributed by atoms with Crippen LogP contribution in [0.2, 0.25) is 0 Å². The summed E-state index contributed by atoms with van der Waals surface area (Å²) < 4.78 is 0. The molecule has 1 aliphatic carbocycles. The number of hydrogen-bond acceptors (Lipinski definition) is 2. The van der Waals surface area contributed by atoms with E-state index in [9.17, 15) is 9.90 Å². The number of nitrogens with one attached hydrogen (secondary N) is 1. The van der Waals surface area contributed by atoms with Gasteiger partial charge in [-0.05, 0) is 30.2 Å². The molecular formula is C17H20N2O2. The van der Waals surface area contributed by atoms with Crippen molar-refractivity contribution in [2.45, 2.75) is 18.9 Å². The largest absolute Gasteiger partial charge is 0.391 e. The summed E-state index contributed by atoms with van der Waals surface area (Å²) in [4.78, 5) is 13.8. The Bertz CT molecular complexity index is 647. The molecule has 1 unspecified atom stereocenters. The van der Waals surface area contributed by atoms with E-state index in [1.54, 1.807) is 11.9 Å². The summed E-state index contributed by atoms with van der Waals surface area (Å²) in [6.07, 6.45) is 1.73. The van der Waals surface area contributed by atoms with Gasteiger partial charge < -0.3 is 15.3 Å². The van der Waals surface area contributed by atoms with Crippen molar-refractivity contribution in [1.82, 2.24) is 4.90 Å². The van der Waals surface area contributed by atoms with Gasteiger partial charge in [-0.2, -0.15) is 0 Å². The molecule has 0 aliphatic heterocycles. The van der Waals surface area contributed by atoms with Crippen molar-refractivity contribution in [3.8, 4) is 0 Å². The average Bonchev–Trinajstić information content (AvgIpc) is 3.32. The second-order valence-electron chi connectivity index (χ2n) is 5.74. The van der Waals surface area contributed by atoms with Gasteiger partial charge in [0, 0.05) is 19.0 Å². The van der Waals surface area contributed by atoms with Crippen LogP contribution in [-0.4, -0.2) is 35.7 Å². The molecule has 2 amide bonds. The lowest BCUT2D eigenvalue weighted by atomic mass is 10.1. The van der Waals surface area contributed by atoms with Crippen molar-refractivity contribution in [2.75, 3.05) is 18.9 Å². The normalized spacial score (nSPS) is 15.7. The Morgan fingerprint density at radius 1 is 1.29 bits per heavy atom. The van der Waals surface area contributed by atoms with Gasteiger partial charge in [0.25, 0.3) is 0 Å². The highest BCUT2D eigenvalue weighted by atomic mass is 16.3. The van der Waals surface area contributed by atoms with E-state index in [4.69, 9.17) is 0 Å². The fourth-order valence-corrected chi connectivity index (χ4v) is 2.54. The lowest BCUT2D eigenvalue weighted by molar-refractivity contribution is 0.117. The molecule has 110 valence electrons. The number of rotatable bonds is 4. The highest BCUT2D eigenvalue weighted by molar-refractivity contribution is 6.01. The smallest absolute Gasteiger partial charge is 0.321 e. The molecule has 1 aliphatic rings. The molecule has 0 saturated heterocycles. The van der Waals surface area contributed by atoms with Gasteiger partial charge in [0.2, 0.25) is 0 Å². The van der Waals surface area contributed by atoms with Crippen LogP contribution in [-0.2, 0) is 0 Å². The van der Waals surface area contributed by atoms with Gasteiger partial charge >= 0.3 is 6.03 Å². The fraction of sp³-hybridized carbons (Fsp3) is 0.353. The molecule has 1 fully saturated rings. The van der Waals surface area contributed by atoms with Crippen LogP contribution < -0.4 is 5.32 Å². The molecule has 4 nitrogen and oxygen atoms in total. The van der Waals surface area contributed by atoms with Crippen molar-refractivity contribution in [3.63, 3.8) is 0 Å². The molecule has 0 radical (unpaired) electrons. The van der Waals surface area contributed by atoms with Crippen molar-refractivity contribution in [3.05, 3.63) is 42.5 Å². The fourth-order valence-electron chi connectivity index (χ4n) is 2.54. The summed E-state index contributed by atoms with van der Waals surface area (Å²) in [6, 6.07) is 13.6. The number of aliphatic hydroxyl groups is 1. The number of likely N-dealkylation sites (N-methyl/N-ethyl adjacent to an activating group) is 1. The first-order chi connectivity index (χ1) is 10.1. The van der Waals surface area contributed by atoms with Crippen molar-refractivity contribution < 1.29 is 9.90 Å². The van der Waals surface area contributed by atoms with Gasteiger partial charge in [-0.1, -0.05) is 36.4 Å². The van der Waals surface area contributed by atoms with E-state index in [2.05, 4.69) is 5.32 Å². The number of nitrogens with zero attached hydrogens (tertiary/aromatic N) is 1. The van der Waals surface area contributed by atoms with Gasteiger partial charge in [0.05, 0.1) is 11.8 Å². The zero-order valence-electron chi connectivity index (χ0n) is 12.1. The SMILES string of the molecule is CN(CC(O)C1CC1)C(=O)Nc1cccc2ccccc12. The Labute approximate surface area is 124 Å². The molecule has 1 atom stereocenters. The first-order valence-electron chi connectivity index (χ1n) is 7.33. The summed E-state index contributed by atoms with van der Waals surface area (Å²) in [5.74, 6) is 0.373. The van der Waals surface area contributed by atoms with E-state index in [-0.39, 0.29) is 6.03 Å². The maximum Gasteiger partial charge on any atom is 0.321 e. The molecule has 0 heterocycles. The van der Waals surface area contributed by atoms with E-state index in [1.807, 2.05) is 42.5 Å². The average molecular weight is 284 g/mol. The maximum atomic E-state index is 12.2. The number of benzene rings is 2. The Morgan fingerprint density at radius 3 is 2.76 bits per heavy atom. The summed E-state index contributed by atoms with van der Waals surface area (Å²) in [5.41, 5.74) is 0.797. The van der Waals surface area contributed by atoms with Gasteiger partial charge in [-0.15, -0.1) is 0 Å². The molecule has 2 N–H and O–H groups in total. The number of carbonyl (C=O) groups excluding carboxylic acids is 1. The van der Waals surface area contributed by atoms with Crippen molar-refractivity contribution in [1.29, 1.82) is 0 Å². The van der Waals surface area contributed by atoms with Gasteiger partial charge in [0.15, 0.2) is 0 Å². The second kappa shape index (κ2) is 5.74. The van der Waals surface area contributed by atoms with E-state index in [1.165, 1.54) is 0 Å². The van der Waals surface area contributed by atoms with Crippen LogP contribution in [0.15, 0.2) is 42.5 Å². The highest BCUT2D eigenvalue weighted by Crippen LogP contribution is 2.32. The van der Waals surface area contributed by atoms with Crippen LogP contribution in [0, 0.1) is 5.92 Å². The molecule has 0 bridgehead atoms. The Kier molecular flexibility index (Phi) is 3.80. The molecular weight excluding hydrogens is 264 g/mol. The van der Waals surface area contributed by atoms with Crippen molar-refractivity contribution >= 4 is 22.5 Å². The molecule has 3 rings (SSSR count). The van der Waals surface area contributed by atoms with Gasteiger partial charge in [0.1, 0.15) is 0 Å². The number of amides is 2. The zero-order chi connectivity index (χ0) is 14.8. The van der Waals surface area contributed by atoms with E-state index >= 15 is 0 Å². The first kappa shape index (κ1) is 13.9. The van der Waals surface area contributed by atoms with Crippen LogP contribution in [0.1, 0.15) is 12.8 Å². The summed E-state index contributed by atoms with van der Waals surface area (Å²) in [6.45, 7) is 0.376. The predicted octanol–water partition coefficient (Wildman–Crippen LogP) is 3.07. The minimum atomic E-state index is -0.409. The number of fused-ring (bicyclic) bond motifs is 1. The van der Waals surface area contributed by atoms with E-state index < -0.39 is 6.10 Å². The minimum absolute atomic E-state index is 0.189. The van der Waals surface area contributed by atoms with E-state index in [0.29, 0.717) is 12.5 Å². The Morgan fingerprint density at radius 2 is 2.00 bits per heavy atom. The molecule has 4 heteroatoms. The van der Waals surface area contributed by atoms with Crippen molar-refractivity contribution in [2.24, 2.45) is 5.92 Å². The Balaban J connectivity index is 1.70. The summed E-state index contributed by atoms with van der Waals surface area (Å²) in [5, 5.41) is 15.0. The lowest BCUT2D eigenvalue weighted by Gasteiger charge is -2.21. The van der Waals surface area contributed by atoms with Crippen LogP contribution in [0.5, 0.6) is 0 Å². The lowest BCUT2D eigenvalue weighted by Crippen LogP contribution is -2.38. The predicted molar refractivity (Wildman–Crippen MR) is 84.3 cm³/mol. The first-order valence-corrected chi connectivity index (χ1v) is 7.33. The number of urea groups is 1. The third kappa shape index (κ3) is 3.16. The van der Waals surface area contributed by atoms with Gasteiger partial charge in [-0.25, -0.2) is 4.79 Å².